The molecule has 2 aromatic rings. The number of carbonyl (C=O) groups excluding carboxylic acids is 1. The minimum absolute atomic E-state index is 0.00594. The number of carbonyl (C=O) groups is 1. The number of rotatable bonds is 9. The normalized spacial score (nSPS) is 11.4. The van der Waals surface area contributed by atoms with Crippen molar-refractivity contribution in [3.8, 4) is 11.5 Å². The molecule has 1 amide bonds. The first kappa shape index (κ1) is 22.2. The van der Waals surface area contributed by atoms with Crippen LogP contribution in [-0.2, 0) is 21.2 Å². The molecule has 0 aromatic heterocycles. The quantitative estimate of drug-likeness (QED) is 0.479. The monoisotopic (exact) mass is 419 g/mol. The number of hydrogen-bond donors (Lipinski definition) is 2. The number of phenolic OH excluding ortho intramolecular Hbond substituents is 1. The summed E-state index contributed by atoms with van der Waals surface area (Å²) in [5.41, 5.74) is 4.22. The maximum atomic E-state index is 12.3. The number of amides is 1. The smallest absolute Gasteiger partial charge is 0.260 e. The Bertz CT molecular complexity index is 989. The zero-order valence-electron chi connectivity index (χ0n) is 16.6. The SMILES string of the molecule is CCOc1cc(/C=N\NC(=O)CN(c2ccccc2CC)S(C)(=O)=O)ccc1O. The Morgan fingerprint density at radius 2 is 1.97 bits per heavy atom. The number of sulfonamides is 1. The Kier molecular flexibility index (Phi) is 7.60. The molecule has 0 saturated heterocycles. The first-order chi connectivity index (χ1) is 13.8. The van der Waals surface area contributed by atoms with E-state index < -0.39 is 22.5 Å². The summed E-state index contributed by atoms with van der Waals surface area (Å²) in [6, 6.07) is 11.7. The molecule has 0 aliphatic rings. The molecule has 0 aliphatic heterocycles. The lowest BCUT2D eigenvalue weighted by atomic mass is 10.1. The molecule has 0 fully saturated rings. The maximum Gasteiger partial charge on any atom is 0.260 e. The third kappa shape index (κ3) is 6.21. The molecule has 2 rings (SSSR count). The summed E-state index contributed by atoms with van der Waals surface area (Å²) in [6.45, 7) is 3.71. The molecule has 156 valence electrons. The van der Waals surface area contributed by atoms with Crippen LogP contribution < -0.4 is 14.5 Å². The Hall–Kier alpha value is -3.07. The van der Waals surface area contributed by atoms with E-state index in [2.05, 4.69) is 10.5 Å². The van der Waals surface area contributed by atoms with E-state index in [0.717, 1.165) is 16.1 Å². The Balaban J connectivity index is 2.11. The number of para-hydroxylation sites is 1. The number of hydrazone groups is 1. The first-order valence-corrected chi connectivity index (χ1v) is 10.9. The zero-order chi connectivity index (χ0) is 21.4. The Labute approximate surface area is 170 Å². The summed E-state index contributed by atoms with van der Waals surface area (Å²) >= 11 is 0. The molecular weight excluding hydrogens is 394 g/mol. The van der Waals surface area contributed by atoms with E-state index in [1.807, 2.05) is 19.1 Å². The van der Waals surface area contributed by atoms with E-state index in [1.165, 1.54) is 12.3 Å². The minimum Gasteiger partial charge on any atom is -0.504 e. The molecule has 0 spiro atoms. The van der Waals surface area contributed by atoms with Gasteiger partial charge in [-0.25, -0.2) is 13.8 Å². The van der Waals surface area contributed by atoms with Gasteiger partial charge in [0.2, 0.25) is 10.0 Å². The van der Waals surface area contributed by atoms with Crippen LogP contribution in [-0.4, -0.2) is 45.1 Å². The van der Waals surface area contributed by atoms with Crippen molar-refractivity contribution in [3.63, 3.8) is 0 Å². The van der Waals surface area contributed by atoms with Crippen LogP contribution in [0.5, 0.6) is 11.5 Å². The van der Waals surface area contributed by atoms with Gasteiger partial charge in [-0.3, -0.25) is 9.10 Å². The maximum absolute atomic E-state index is 12.3. The summed E-state index contributed by atoms with van der Waals surface area (Å²) in [6.07, 6.45) is 3.07. The first-order valence-electron chi connectivity index (χ1n) is 9.09. The number of aryl methyl sites for hydroxylation is 1. The highest BCUT2D eigenvalue weighted by Gasteiger charge is 2.22. The van der Waals surface area contributed by atoms with Crippen LogP contribution in [0.25, 0.3) is 0 Å². The Morgan fingerprint density at radius 1 is 1.24 bits per heavy atom. The molecule has 2 aromatic carbocycles. The van der Waals surface area contributed by atoms with Crippen LogP contribution in [0.2, 0.25) is 0 Å². The van der Waals surface area contributed by atoms with Crippen LogP contribution in [0, 0.1) is 0 Å². The van der Waals surface area contributed by atoms with E-state index in [0.29, 0.717) is 30.0 Å². The van der Waals surface area contributed by atoms with E-state index in [4.69, 9.17) is 4.74 Å². The minimum atomic E-state index is -3.66. The van der Waals surface area contributed by atoms with Gasteiger partial charge < -0.3 is 9.84 Å². The number of nitrogens with zero attached hydrogens (tertiary/aromatic N) is 2. The molecule has 9 heteroatoms. The topological polar surface area (TPSA) is 108 Å². The fraction of sp³-hybridized carbons (Fsp3) is 0.300. The van der Waals surface area contributed by atoms with E-state index in [-0.39, 0.29) is 5.75 Å². The molecule has 0 saturated carbocycles. The van der Waals surface area contributed by atoms with Gasteiger partial charge in [-0.05, 0) is 48.7 Å². The summed E-state index contributed by atoms with van der Waals surface area (Å²) in [7, 11) is -3.66. The Morgan fingerprint density at radius 3 is 2.62 bits per heavy atom. The van der Waals surface area contributed by atoms with Crippen molar-refractivity contribution in [1.29, 1.82) is 0 Å². The highest BCUT2D eigenvalue weighted by atomic mass is 32.2. The van der Waals surface area contributed by atoms with Gasteiger partial charge in [0.1, 0.15) is 6.54 Å². The molecule has 0 heterocycles. The van der Waals surface area contributed by atoms with Gasteiger partial charge in [0.25, 0.3) is 5.91 Å². The molecule has 0 aliphatic carbocycles. The number of anilines is 1. The van der Waals surface area contributed by atoms with Crippen LogP contribution >= 0.6 is 0 Å². The highest BCUT2D eigenvalue weighted by molar-refractivity contribution is 7.92. The van der Waals surface area contributed by atoms with Crippen molar-refractivity contribution in [1.82, 2.24) is 5.43 Å². The van der Waals surface area contributed by atoms with Gasteiger partial charge in [0.05, 0.1) is 24.8 Å². The number of hydrogen-bond acceptors (Lipinski definition) is 6. The summed E-state index contributed by atoms with van der Waals surface area (Å²) in [5, 5.41) is 13.6. The predicted molar refractivity (Wildman–Crippen MR) is 113 cm³/mol. The third-order valence-corrected chi connectivity index (χ3v) is 5.14. The van der Waals surface area contributed by atoms with Crippen molar-refractivity contribution in [3.05, 3.63) is 53.6 Å². The van der Waals surface area contributed by atoms with Crippen LogP contribution in [0.4, 0.5) is 5.69 Å². The summed E-state index contributed by atoms with van der Waals surface area (Å²) in [5.74, 6) is -0.269. The number of benzene rings is 2. The van der Waals surface area contributed by atoms with Crippen molar-refractivity contribution >= 4 is 27.8 Å². The highest BCUT2D eigenvalue weighted by Crippen LogP contribution is 2.26. The standard InChI is InChI=1S/C20H25N3O5S/c1-4-16-8-6-7-9-17(16)23(29(3,26)27)14-20(25)22-21-13-15-10-11-18(24)19(12-15)28-5-2/h6-13,24H,4-5,14H2,1-3H3,(H,22,25)/b21-13-. The van der Waals surface area contributed by atoms with Gasteiger partial charge in [-0.15, -0.1) is 0 Å². The number of aromatic hydroxyl groups is 1. The molecule has 0 unspecified atom stereocenters. The summed E-state index contributed by atoms with van der Waals surface area (Å²) in [4.78, 5) is 12.3. The largest absolute Gasteiger partial charge is 0.504 e. The van der Waals surface area contributed by atoms with Gasteiger partial charge in [-0.1, -0.05) is 25.1 Å². The van der Waals surface area contributed by atoms with Crippen molar-refractivity contribution < 1.29 is 23.1 Å². The van der Waals surface area contributed by atoms with Gasteiger partial charge >= 0.3 is 0 Å². The molecule has 2 N–H and O–H groups in total. The molecule has 0 radical (unpaired) electrons. The fourth-order valence-electron chi connectivity index (χ4n) is 2.66. The molecular formula is C20H25N3O5S. The van der Waals surface area contributed by atoms with Crippen molar-refractivity contribution in [2.24, 2.45) is 5.10 Å². The number of nitrogens with one attached hydrogen (secondary N) is 1. The van der Waals surface area contributed by atoms with Crippen LogP contribution in [0.1, 0.15) is 25.0 Å². The van der Waals surface area contributed by atoms with E-state index in [1.54, 1.807) is 31.2 Å². The van der Waals surface area contributed by atoms with Gasteiger partial charge in [0, 0.05) is 0 Å². The van der Waals surface area contributed by atoms with Crippen molar-refractivity contribution in [2.75, 3.05) is 23.7 Å². The van der Waals surface area contributed by atoms with Crippen LogP contribution in [0.15, 0.2) is 47.6 Å². The molecule has 8 nitrogen and oxygen atoms in total. The third-order valence-electron chi connectivity index (χ3n) is 4.02. The molecule has 0 atom stereocenters. The van der Waals surface area contributed by atoms with Gasteiger partial charge in [-0.2, -0.15) is 5.10 Å². The molecule has 0 bridgehead atoms. The van der Waals surface area contributed by atoms with Gasteiger partial charge in [0.15, 0.2) is 11.5 Å². The molecule has 29 heavy (non-hydrogen) atoms. The second kappa shape index (κ2) is 9.92. The lowest BCUT2D eigenvalue weighted by Crippen LogP contribution is -2.39. The zero-order valence-corrected chi connectivity index (χ0v) is 17.4. The van der Waals surface area contributed by atoms with Crippen LogP contribution in [0.3, 0.4) is 0 Å². The van der Waals surface area contributed by atoms with Crippen molar-refractivity contribution in [2.45, 2.75) is 20.3 Å². The fourth-order valence-corrected chi connectivity index (χ4v) is 3.55. The van der Waals surface area contributed by atoms with E-state index in [9.17, 15) is 18.3 Å². The summed E-state index contributed by atoms with van der Waals surface area (Å²) < 4.78 is 30.8. The second-order valence-electron chi connectivity index (χ2n) is 6.21. The second-order valence-corrected chi connectivity index (χ2v) is 8.11. The lowest BCUT2D eigenvalue weighted by molar-refractivity contribution is -0.119. The number of ether oxygens (including phenoxy) is 1. The average molecular weight is 420 g/mol. The number of phenols is 1. The van der Waals surface area contributed by atoms with E-state index >= 15 is 0 Å². The lowest BCUT2D eigenvalue weighted by Gasteiger charge is -2.23. The predicted octanol–water partition coefficient (Wildman–Crippen LogP) is 2.27. The average Bonchev–Trinajstić information content (AvgIpc) is 2.68.